The topological polar surface area (TPSA) is 53.4 Å². The molecule has 1 aliphatic rings. The highest BCUT2D eigenvalue weighted by Gasteiger charge is 2.22. The summed E-state index contributed by atoms with van der Waals surface area (Å²) in [6, 6.07) is 0. The van der Waals surface area contributed by atoms with E-state index in [1.165, 1.54) is 24.5 Å². The van der Waals surface area contributed by atoms with E-state index in [1.807, 2.05) is 5.38 Å². The number of aromatic nitrogens is 1. The van der Waals surface area contributed by atoms with Gasteiger partial charge in [-0.15, -0.1) is 11.3 Å². The van der Waals surface area contributed by atoms with Crippen LogP contribution in [0.25, 0.3) is 0 Å². The molecule has 0 aromatic carbocycles. The first-order valence-corrected chi connectivity index (χ1v) is 7.42. The number of thiazole rings is 1. The Hall–Kier alpha value is -0.940. The number of hydrogen-bond acceptors (Lipinski definition) is 4. The Balaban J connectivity index is 1.81. The second-order valence-corrected chi connectivity index (χ2v) is 5.82. The molecule has 1 N–H and O–H groups in total. The first-order chi connectivity index (χ1) is 8.67. The van der Waals surface area contributed by atoms with Crippen molar-refractivity contribution in [1.29, 1.82) is 0 Å². The zero-order chi connectivity index (χ0) is 13.0. The molecule has 1 aromatic heterocycles. The van der Waals surface area contributed by atoms with E-state index in [0.717, 1.165) is 24.6 Å². The summed E-state index contributed by atoms with van der Waals surface area (Å²) in [5, 5.41) is 11.8. The summed E-state index contributed by atoms with van der Waals surface area (Å²) in [5.41, 5.74) is 0.933. The largest absolute Gasteiger partial charge is 0.481 e. The van der Waals surface area contributed by atoms with Gasteiger partial charge in [-0.1, -0.05) is 6.92 Å². The minimum absolute atomic E-state index is 0.177. The minimum Gasteiger partial charge on any atom is -0.481 e. The highest BCUT2D eigenvalue weighted by Crippen LogP contribution is 2.22. The molecule has 0 spiro atoms. The summed E-state index contributed by atoms with van der Waals surface area (Å²) in [6.07, 6.45) is 3.04. The van der Waals surface area contributed by atoms with Gasteiger partial charge < -0.3 is 10.0 Å². The quantitative estimate of drug-likeness (QED) is 0.858. The van der Waals surface area contributed by atoms with Gasteiger partial charge in [-0.2, -0.15) is 0 Å². The van der Waals surface area contributed by atoms with Crippen molar-refractivity contribution >= 4 is 17.3 Å². The smallest absolute Gasteiger partial charge is 0.303 e. The molecule has 4 nitrogen and oxygen atoms in total. The van der Waals surface area contributed by atoms with E-state index in [4.69, 9.17) is 5.11 Å². The van der Waals surface area contributed by atoms with Crippen LogP contribution >= 0.6 is 11.3 Å². The van der Waals surface area contributed by atoms with E-state index in [0.29, 0.717) is 6.42 Å². The van der Waals surface area contributed by atoms with Crippen LogP contribution in [0, 0.1) is 5.92 Å². The number of carbonyl (C=O) groups is 1. The van der Waals surface area contributed by atoms with E-state index >= 15 is 0 Å². The Morgan fingerprint density at radius 2 is 2.50 bits per heavy atom. The van der Waals surface area contributed by atoms with Crippen molar-refractivity contribution in [2.24, 2.45) is 5.92 Å². The van der Waals surface area contributed by atoms with Gasteiger partial charge in [-0.25, -0.2) is 4.98 Å². The summed E-state index contributed by atoms with van der Waals surface area (Å²) in [6.45, 7) is 5.73. The molecule has 0 aliphatic carbocycles. The molecular formula is C13H20N2O2S. The van der Waals surface area contributed by atoms with Crippen LogP contribution in [0.1, 0.15) is 30.5 Å². The molecule has 2 heterocycles. The monoisotopic (exact) mass is 268 g/mol. The summed E-state index contributed by atoms with van der Waals surface area (Å²) < 4.78 is 0. The van der Waals surface area contributed by atoms with Crippen molar-refractivity contribution in [3.8, 4) is 0 Å². The van der Waals surface area contributed by atoms with Gasteiger partial charge in [-0.3, -0.25) is 4.79 Å². The SMILES string of the molecule is CCN1CCC(Cc2nc(CCC(=O)O)cs2)C1. The summed E-state index contributed by atoms with van der Waals surface area (Å²) in [5.74, 6) is -0.0256. The number of nitrogens with zero attached hydrogens (tertiary/aromatic N) is 2. The van der Waals surface area contributed by atoms with Crippen molar-refractivity contribution in [2.75, 3.05) is 19.6 Å². The average Bonchev–Trinajstić information content (AvgIpc) is 2.96. The molecule has 18 heavy (non-hydrogen) atoms. The normalized spacial score (nSPS) is 20.4. The lowest BCUT2D eigenvalue weighted by Gasteiger charge is -2.11. The van der Waals surface area contributed by atoms with Crippen molar-refractivity contribution in [1.82, 2.24) is 9.88 Å². The lowest BCUT2D eigenvalue weighted by molar-refractivity contribution is -0.136. The third-order valence-electron chi connectivity index (χ3n) is 3.47. The molecule has 1 fully saturated rings. The fraction of sp³-hybridized carbons (Fsp3) is 0.692. The predicted octanol–water partition coefficient (Wildman–Crippen LogP) is 2.04. The van der Waals surface area contributed by atoms with Crippen LogP contribution in [0.4, 0.5) is 0 Å². The zero-order valence-corrected chi connectivity index (χ0v) is 11.6. The number of carboxylic acids is 1. The van der Waals surface area contributed by atoms with Gasteiger partial charge in [0.05, 0.1) is 17.1 Å². The Labute approximate surface area is 112 Å². The van der Waals surface area contributed by atoms with Gasteiger partial charge in [0.1, 0.15) is 0 Å². The van der Waals surface area contributed by atoms with Gasteiger partial charge in [-0.05, 0) is 25.4 Å². The molecule has 0 saturated carbocycles. The van der Waals surface area contributed by atoms with Crippen LogP contribution in [-0.2, 0) is 17.6 Å². The fourth-order valence-corrected chi connectivity index (χ4v) is 3.35. The van der Waals surface area contributed by atoms with Gasteiger partial charge in [0.2, 0.25) is 0 Å². The maximum atomic E-state index is 10.5. The Morgan fingerprint density at radius 3 is 3.17 bits per heavy atom. The number of rotatable bonds is 6. The van der Waals surface area contributed by atoms with Crippen LogP contribution in [0.2, 0.25) is 0 Å². The molecule has 100 valence electrons. The van der Waals surface area contributed by atoms with Crippen molar-refractivity contribution in [3.05, 3.63) is 16.1 Å². The molecule has 1 saturated heterocycles. The molecule has 1 atom stereocenters. The van der Waals surface area contributed by atoms with Crippen LogP contribution in [0.5, 0.6) is 0 Å². The summed E-state index contributed by atoms with van der Waals surface area (Å²) in [4.78, 5) is 17.5. The molecule has 1 aliphatic heterocycles. The molecule has 0 amide bonds. The molecular weight excluding hydrogens is 248 g/mol. The van der Waals surface area contributed by atoms with Gasteiger partial charge in [0, 0.05) is 24.8 Å². The third-order valence-corrected chi connectivity index (χ3v) is 4.39. The second-order valence-electron chi connectivity index (χ2n) is 4.88. The summed E-state index contributed by atoms with van der Waals surface area (Å²) in [7, 11) is 0. The highest BCUT2D eigenvalue weighted by molar-refractivity contribution is 7.09. The van der Waals surface area contributed by atoms with Crippen molar-refractivity contribution in [3.63, 3.8) is 0 Å². The molecule has 5 heteroatoms. The Bertz CT molecular complexity index is 405. The first-order valence-electron chi connectivity index (χ1n) is 6.54. The van der Waals surface area contributed by atoms with E-state index in [1.54, 1.807) is 11.3 Å². The Morgan fingerprint density at radius 1 is 1.67 bits per heavy atom. The Kier molecular flexibility index (Phi) is 4.72. The van der Waals surface area contributed by atoms with E-state index < -0.39 is 5.97 Å². The molecule has 0 bridgehead atoms. The maximum absolute atomic E-state index is 10.5. The van der Waals surface area contributed by atoms with E-state index in [9.17, 15) is 4.79 Å². The number of carboxylic acid groups (broad SMARTS) is 1. The van der Waals surface area contributed by atoms with E-state index in [2.05, 4.69) is 16.8 Å². The van der Waals surface area contributed by atoms with Crippen LogP contribution in [-0.4, -0.2) is 40.6 Å². The first kappa shape index (κ1) is 13.5. The number of likely N-dealkylation sites (tertiary alicyclic amines) is 1. The predicted molar refractivity (Wildman–Crippen MR) is 72.0 cm³/mol. The second kappa shape index (κ2) is 6.29. The van der Waals surface area contributed by atoms with Crippen LogP contribution < -0.4 is 0 Å². The summed E-state index contributed by atoms with van der Waals surface area (Å²) >= 11 is 1.67. The van der Waals surface area contributed by atoms with Gasteiger partial charge >= 0.3 is 5.97 Å². The van der Waals surface area contributed by atoms with Gasteiger partial charge in [0.25, 0.3) is 0 Å². The molecule has 0 radical (unpaired) electrons. The number of hydrogen-bond donors (Lipinski definition) is 1. The average molecular weight is 268 g/mol. The minimum atomic E-state index is -0.751. The maximum Gasteiger partial charge on any atom is 0.303 e. The molecule has 1 aromatic rings. The zero-order valence-electron chi connectivity index (χ0n) is 10.8. The molecule has 2 rings (SSSR count). The van der Waals surface area contributed by atoms with Crippen LogP contribution in [0.3, 0.4) is 0 Å². The van der Waals surface area contributed by atoms with Crippen molar-refractivity contribution < 1.29 is 9.90 Å². The third kappa shape index (κ3) is 3.78. The lowest BCUT2D eigenvalue weighted by Crippen LogP contribution is -2.20. The number of aliphatic carboxylic acids is 1. The highest BCUT2D eigenvalue weighted by atomic mass is 32.1. The van der Waals surface area contributed by atoms with Gasteiger partial charge in [0.15, 0.2) is 0 Å². The van der Waals surface area contributed by atoms with E-state index in [-0.39, 0.29) is 6.42 Å². The fourth-order valence-electron chi connectivity index (χ4n) is 2.41. The lowest BCUT2D eigenvalue weighted by atomic mass is 10.1. The molecule has 1 unspecified atom stereocenters. The van der Waals surface area contributed by atoms with Crippen LogP contribution in [0.15, 0.2) is 5.38 Å². The standard InChI is InChI=1S/C13H20N2O2S/c1-2-15-6-5-10(8-15)7-12-14-11(9-18-12)3-4-13(16)17/h9-10H,2-8H2,1H3,(H,16,17). The van der Waals surface area contributed by atoms with Crippen molar-refractivity contribution in [2.45, 2.75) is 32.6 Å². The number of aryl methyl sites for hydroxylation is 1.